The second-order valence-electron chi connectivity index (χ2n) is 5.10. The van der Waals surface area contributed by atoms with Crippen LogP contribution in [0.15, 0.2) is 42.5 Å². The summed E-state index contributed by atoms with van der Waals surface area (Å²) in [5.41, 5.74) is 1.65. The fourth-order valence-corrected chi connectivity index (χ4v) is 2.63. The van der Waals surface area contributed by atoms with Crippen LogP contribution in [0.2, 0.25) is 0 Å². The minimum atomic E-state index is -0.267. The third-order valence-corrected chi connectivity index (χ3v) is 3.80. The smallest absolute Gasteiger partial charge is 0.146 e. The highest BCUT2D eigenvalue weighted by molar-refractivity contribution is 5.50. The first-order chi connectivity index (χ1) is 10.3. The summed E-state index contributed by atoms with van der Waals surface area (Å²) in [7, 11) is 1.58. The molecule has 0 radical (unpaired) electrons. The van der Waals surface area contributed by atoms with Gasteiger partial charge in [0.1, 0.15) is 17.3 Å². The number of methoxy groups -OCH3 is 1. The van der Waals surface area contributed by atoms with Crippen LogP contribution in [0.5, 0.6) is 11.5 Å². The molecule has 1 unspecified atom stereocenters. The van der Waals surface area contributed by atoms with Crippen LogP contribution in [0.3, 0.4) is 0 Å². The summed E-state index contributed by atoms with van der Waals surface area (Å²) < 4.78 is 24.6. The van der Waals surface area contributed by atoms with Crippen molar-refractivity contribution in [2.75, 3.05) is 25.6 Å². The van der Waals surface area contributed by atoms with E-state index in [9.17, 15) is 4.39 Å². The fourth-order valence-electron chi connectivity index (χ4n) is 2.63. The molecular formula is C17H18FNO2. The van der Waals surface area contributed by atoms with E-state index < -0.39 is 0 Å². The standard InChI is InChI=1S/C17H18FNO2/c1-20-13-6-7-15(18)16(10-13)19-11-12-8-9-21-17-5-3-2-4-14(12)17/h2-7,10,12,19H,8-9,11H2,1H3. The predicted molar refractivity (Wildman–Crippen MR) is 80.7 cm³/mol. The molecule has 0 bridgehead atoms. The molecule has 2 aromatic rings. The van der Waals surface area contributed by atoms with Crippen LogP contribution in [0, 0.1) is 5.82 Å². The zero-order valence-corrected chi connectivity index (χ0v) is 11.9. The Hall–Kier alpha value is -2.23. The van der Waals surface area contributed by atoms with Crippen LogP contribution in [0.25, 0.3) is 0 Å². The van der Waals surface area contributed by atoms with E-state index in [1.807, 2.05) is 18.2 Å². The van der Waals surface area contributed by atoms with Crippen molar-refractivity contribution in [1.29, 1.82) is 0 Å². The SMILES string of the molecule is COc1ccc(F)c(NCC2CCOc3ccccc32)c1. The Kier molecular flexibility index (Phi) is 3.95. The van der Waals surface area contributed by atoms with Crippen molar-refractivity contribution in [3.63, 3.8) is 0 Å². The Morgan fingerprint density at radius 3 is 3.00 bits per heavy atom. The highest BCUT2D eigenvalue weighted by Crippen LogP contribution is 2.33. The number of halogens is 1. The molecule has 4 heteroatoms. The van der Waals surface area contributed by atoms with Crippen molar-refractivity contribution >= 4 is 5.69 Å². The van der Waals surface area contributed by atoms with E-state index >= 15 is 0 Å². The van der Waals surface area contributed by atoms with Gasteiger partial charge in [0.05, 0.1) is 19.4 Å². The largest absolute Gasteiger partial charge is 0.497 e. The van der Waals surface area contributed by atoms with Gasteiger partial charge >= 0.3 is 0 Å². The first-order valence-corrected chi connectivity index (χ1v) is 7.07. The topological polar surface area (TPSA) is 30.5 Å². The highest BCUT2D eigenvalue weighted by Gasteiger charge is 2.21. The summed E-state index contributed by atoms with van der Waals surface area (Å²) in [5, 5.41) is 3.19. The molecule has 1 aliphatic rings. The maximum atomic E-state index is 13.8. The number of ether oxygens (including phenoxy) is 2. The van der Waals surface area contributed by atoms with Gasteiger partial charge in [-0.25, -0.2) is 4.39 Å². The van der Waals surface area contributed by atoms with Gasteiger partial charge in [-0.1, -0.05) is 18.2 Å². The van der Waals surface area contributed by atoms with Crippen LogP contribution < -0.4 is 14.8 Å². The summed E-state index contributed by atoms with van der Waals surface area (Å²) in [6, 6.07) is 12.7. The summed E-state index contributed by atoms with van der Waals surface area (Å²) in [5.74, 6) is 1.63. The molecule has 1 heterocycles. The monoisotopic (exact) mass is 287 g/mol. The third kappa shape index (κ3) is 2.94. The molecule has 0 aliphatic carbocycles. The maximum Gasteiger partial charge on any atom is 0.146 e. The quantitative estimate of drug-likeness (QED) is 0.927. The van der Waals surface area contributed by atoms with Crippen molar-refractivity contribution in [3.05, 3.63) is 53.8 Å². The molecular weight excluding hydrogens is 269 g/mol. The van der Waals surface area contributed by atoms with Gasteiger partial charge in [0, 0.05) is 18.5 Å². The first kappa shape index (κ1) is 13.7. The van der Waals surface area contributed by atoms with E-state index in [0.717, 1.165) is 12.2 Å². The van der Waals surface area contributed by atoms with Crippen molar-refractivity contribution in [3.8, 4) is 11.5 Å². The lowest BCUT2D eigenvalue weighted by atomic mass is 9.93. The minimum absolute atomic E-state index is 0.267. The molecule has 0 aromatic heterocycles. The Balaban J connectivity index is 1.74. The highest BCUT2D eigenvalue weighted by atomic mass is 19.1. The van der Waals surface area contributed by atoms with Crippen molar-refractivity contribution < 1.29 is 13.9 Å². The van der Waals surface area contributed by atoms with Gasteiger partial charge in [0.25, 0.3) is 0 Å². The molecule has 0 saturated carbocycles. The van der Waals surface area contributed by atoms with Gasteiger partial charge in [-0.15, -0.1) is 0 Å². The molecule has 0 saturated heterocycles. The number of para-hydroxylation sites is 1. The van der Waals surface area contributed by atoms with Crippen LogP contribution >= 0.6 is 0 Å². The van der Waals surface area contributed by atoms with Crippen LogP contribution in [0.4, 0.5) is 10.1 Å². The Morgan fingerprint density at radius 1 is 1.29 bits per heavy atom. The number of anilines is 1. The summed E-state index contributed by atoms with van der Waals surface area (Å²) >= 11 is 0. The van der Waals surface area contributed by atoms with Crippen LogP contribution in [-0.2, 0) is 0 Å². The zero-order valence-electron chi connectivity index (χ0n) is 11.9. The second-order valence-corrected chi connectivity index (χ2v) is 5.10. The molecule has 110 valence electrons. The predicted octanol–water partition coefficient (Wildman–Crippen LogP) is 3.81. The van der Waals surface area contributed by atoms with Crippen LogP contribution in [-0.4, -0.2) is 20.3 Å². The van der Waals surface area contributed by atoms with E-state index in [1.54, 1.807) is 19.2 Å². The van der Waals surface area contributed by atoms with Gasteiger partial charge in [-0.2, -0.15) is 0 Å². The minimum Gasteiger partial charge on any atom is -0.497 e. The van der Waals surface area contributed by atoms with E-state index in [0.29, 0.717) is 30.5 Å². The first-order valence-electron chi connectivity index (χ1n) is 7.07. The lowest BCUT2D eigenvalue weighted by Gasteiger charge is -2.26. The fraction of sp³-hybridized carbons (Fsp3) is 0.294. The van der Waals surface area contributed by atoms with Crippen molar-refractivity contribution in [2.45, 2.75) is 12.3 Å². The molecule has 2 aromatic carbocycles. The number of fused-ring (bicyclic) bond motifs is 1. The van der Waals surface area contributed by atoms with Crippen molar-refractivity contribution in [1.82, 2.24) is 0 Å². The molecule has 1 aliphatic heterocycles. The molecule has 0 fully saturated rings. The number of benzene rings is 2. The lowest BCUT2D eigenvalue weighted by Crippen LogP contribution is -2.21. The summed E-state index contributed by atoms with van der Waals surface area (Å²) in [6.45, 7) is 1.37. The molecule has 0 amide bonds. The number of nitrogens with one attached hydrogen (secondary N) is 1. The number of hydrogen-bond donors (Lipinski definition) is 1. The average molecular weight is 287 g/mol. The van der Waals surface area contributed by atoms with Crippen LogP contribution in [0.1, 0.15) is 17.9 Å². The van der Waals surface area contributed by atoms with E-state index in [1.165, 1.54) is 11.6 Å². The lowest BCUT2D eigenvalue weighted by molar-refractivity contribution is 0.270. The number of rotatable bonds is 4. The number of hydrogen-bond acceptors (Lipinski definition) is 3. The van der Waals surface area contributed by atoms with Gasteiger partial charge in [0.15, 0.2) is 0 Å². The van der Waals surface area contributed by atoms with Gasteiger partial charge in [-0.05, 0) is 30.2 Å². The Bertz CT molecular complexity index is 630. The van der Waals surface area contributed by atoms with E-state index in [-0.39, 0.29) is 5.82 Å². The zero-order chi connectivity index (χ0) is 14.7. The van der Waals surface area contributed by atoms with Gasteiger partial charge in [-0.3, -0.25) is 0 Å². The van der Waals surface area contributed by atoms with E-state index in [4.69, 9.17) is 9.47 Å². The molecule has 1 atom stereocenters. The second kappa shape index (κ2) is 6.04. The van der Waals surface area contributed by atoms with E-state index in [2.05, 4.69) is 11.4 Å². The van der Waals surface area contributed by atoms with Gasteiger partial charge in [0.2, 0.25) is 0 Å². The van der Waals surface area contributed by atoms with Gasteiger partial charge < -0.3 is 14.8 Å². The third-order valence-electron chi connectivity index (χ3n) is 3.80. The summed E-state index contributed by atoms with van der Waals surface area (Å²) in [4.78, 5) is 0. The Morgan fingerprint density at radius 2 is 2.14 bits per heavy atom. The normalized spacial score (nSPS) is 16.8. The molecule has 3 rings (SSSR count). The molecule has 3 nitrogen and oxygen atoms in total. The molecule has 0 spiro atoms. The molecule has 1 N–H and O–H groups in total. The summed E-state index contributed by atoms with van der Waals surface area (Å²) in [6.07, 6.45) is 0.926. The maximum absolute atomic E-state index is 13.8. The van der Waals surface area contributed by atoms with Crippen molar-refractivity contribution in [2.24, 2.45) is 0 Å². The molecule has 21 heavy (non-hydrogen) atoms. The average Bonchev–Trinajstić information content (AvgIpc) is 2.54. The Labute approximate surface area is 123 Å².